The van der Waals surface area contributed by atoms with Crippen LogP contribution in [-0.2, 0) is 10.5 Å². The third kappa shape index (κ3) is 3.30. The second-order valence-electron chi connectivity index (χ2n) is 6.80. The quantitative estimate of drug-likeness (QED) is 0.656. The highest BCUT2D eigenvalue weighted by atomic mass is 19.4. The van der Waals surface area contributed by atoms with Gasteiger partial charge in [-0.2, -0.15) is 13.2 Å². The molecular formula is C19H14F4N2O5. The minimum absolute atomic E-state index is 0.0808. The number of hydrogen-bond acceptors (Lipinski definition) is 5. The molecule has 3 unspecified atom stereocenters. The topological polar surface area (TPSA) is 96.9 Å². The number of fused-ring (bicyclic) bond motifs is 1. The summed E-state index contributed by atoms with van der Waals surface area (Å²) in [7, 11) is 0. The minimum Gasteiger partial charge on any atom is -0.454 e. The molecule has 2 aliphatic heterocycles. The predicted molar refractivity (Wildman–Crippen MR) is 91.8 cm³/mol. The van der Waals surface area contributed by atoms with E-state index in [1.807, 2.05) is 5.32 Å². The average Bonchev–Trinajstić information content (AvgIpc) is 3.14. The van der Waals surface area contributed by atoms with Crippen molar-refractivity contribution in [1.29, 1.82) is 0 Å². The summed E-state index contributed by atoms with van der Waals surface area (Å²) in [6.45, 7) is -0.0954. The molecule has 0 bridgehead atoms. The zero-order chi connectivity index (χ0) is 21.7. The maximum atomic E-state index is 13.5. The van der Waals surface area contributed by atoms with E-state index in [2.05, 4.69) is 5.32 Å². The molecule has 2 amide bonds. The van der Waals surface area contributed by atoms with Gasteiger partial charge in [-0.3, -0.25) is 4.79 Å². The van der Waals surface area contributed by atoms with E-state index in [0.717, 1.165) is 24.3 Å². The molecule has 2 heterocycles. The lowest BCUT2D eigenvalue weighted by Crippen LogP contribution is -2.66. The van der Waals surface area contributed by atoms with Gasteiger partial charge < -0.3 is 25.2 Å². The standard InChI is InChI=1S/C19H14F4N2O5/c20-11-4-2-10(3-5-11)18(28)14(16(26)19(21,22)23)15(24-17(27)25-18)9-1-6-12-13(7-9)30-8-29-12/h1-7,14-15,28H,8H2,(H2,24,25,27). The highest BCUT2D eigenvalue weighted by Gasteiger charge is 2.59. The Balaban J connectivity index is 1.86. The first kappa shape index (κ1) is 20.0. The van der Waals surface area contributed by atoms with Crippen LogP contribution in [0.4, 0.5) is 22.4 Å². The zero-order valence-corrected chi connectivity index (χ0v) is 15.0. The van der Waals surface area contributed by atoms with Gasteiger partial charge >= 0.3 is 12.2 Å². The van der Waals surface area contributed by atoms with Crippen molar-refractivity contribution in [2.75, 3.05) is 6.79 Å². The highest BCUT2D eigenvalue weighted by molar-refractivity contribution is 5.91. The van der Waals surface area contributed by atoms with Crippen LogP contribution in [0.15, 0.2) is 42.5 Å². The van der Waals surface area contributed by atoms with Crippen LogP contribution < -0.4 is 20.1 Å². The lowest BCUT2D eigenvalue weighted by Gasteiger charge is -2.45. The van der Waals surface area contributed by atoms with Crippen LogP contribution in [-0.4, -0.2) is 29.9 Å². The van der Waals surface area contributed by atoms with E-state index in [-0.39, 0.29) is 23.7 Å². The van der Waals surface area contributed by atoms with Crippen LogP contribution in [0.1, 0.15) is 17.2 Å². The van der Waals surface area contributed by atoms with Gasteiger partial charge in [0.25, 0.3) is 0 Å². The van der Waals surface area contributed by atoms with Gasteiger partial charge in [0.05, 0.1) is 6.04 Å². The van der Waals surface area contributed by atoms with Crippen molar-refractivity contribution in [3.8, 4) is 11.5 Å². The molecule has 2 aromatic carbocycles. The number of halogens is 4. The molecule has 11 heteroatoms. The summed E-state index contributed by atoms with van der Waals surface area (Å²) in [5, 5.41) is 15.4. The summed E-state index contributed by atoms with van der Waals surface area (Å²) in [5.74, 6) is -4.66. The fourth-order valence-corrected chi connectivity index (χ4v) is 3.61. The second kappa shape index (κ2) is 6.87. The first-order chi connectivity index (χ1) is 14.1. The van der Waals surface area contributed by atoms with Crippen LogP contribution in [0.25, 0.3) is 0 Å². The number of nitrogens with one attached hydrogen (secondary N) is 2. The maximum absolute atomic E-state index is 13.5. The summed E-state index contributed by atoms with van der Waals surface area (Å²) in [4.78, 5) is 24.6. The van der Waals surface area contributed by atoms with Crippen molar-refractivity contribution < 1.29 is 41.7 Å². The van der Waals surface area contributed by atoms with E-state index in [4.69, 9.17) is 9.47 Å². The number of urea groups is 1. The third-order valence-corrected chi connectivity index (χ3v) is 4.98. The van der Waals surface area contributed by atoms with E-state index >= 15 is 0 Å². The Morgan fingerprint density at radius 1 is 1.10 bits per heavy atom. The van der Waals surface area contributed by atoms with Gasteiger partial charge in [-0.05, 0) is 29.8 Å². The number of carbonyl (C=O) groups is 2. The van der Waals surface area contributed by atoms with Gasteiger partial charge in [-0.25, -0.2) is 9.18 Å². The van der Waals surface area contributed by atoms with Crippen molar-refractivity contribution >= 4 is 11.8 Å². The fourth-order valence-electron chi connectivity index (χ4n) is 3.61. The Kier molecular flexibility index (Phi) is 4.57. The van der Waals surface area contributed by atoms with Gasteiger partial charge in [0, 0.05) is 5.56 Å². The van der Waals surface area contributed by atoms with Crippen molar-refractivity contribution in [3.05, 3.63) is 59.4 Å². The number of Topliss-reactive ketones (excluding diaryl/α,β-unsaturated/α-hetero) is 1. The summed E-state index contributed by atoms with van der Waals surface area (Å²) < 4.78 is 64.1. The molecule has 2 aromatic rings. The number of alkyl halides is 3. The van der Waals surface area contributed by atoms with E-state index in [1.54, 1.807) is 0 Å². The van der Waals surface area contributed by atoms with E-state index in [9.17, 15) is 32.3 Å². The Morgan fingerprint density at radius 2 is 1.77 bits per heavy atom. The number of hydrogen-bond donors (Lipinski definition) is 3. The molecule has 4 rings (SSSR count). The van der Waals surface area contributed by atoms with Crippen LogP contribution in [0, 0.1) is 11.7 Å². The van der Waals surface area contributed by atoms with Gasteiger partial charge in [0.15, 0.2) is 17.2 Å². The molecule has 0 spiro atoms. The van der Waals surface area contributed by atoms with Gasteiger partial charge in [0.1, 0.15) is 11.7 Å². The van der Waals surface area contributed by atoms with E-state index in [1.165, 1.54) is 18.2 Å². The Labute approximate surface area is 166 Å². The molecule has 0 saturated carbocycles. The molecule has 0 aliphatic carbocycles. The number of benzene rings is 2. The molecule has 1 saturated heterocycles. The molecule has 1 fully saturated rings. The average molecular weight is 426 g/mol. The number of rotatable bonds is 3. The monoisotopic (exact) mass is 426 g/mol. The lowest BCUT2D eigenvalue weighted by molar-refractivity contribution is -0.190. The maximum Gasteiger partial charge on any atom is 0.450 e. The molecule has 30 heavy (non-hydrogen) atoms. The molecule has 7 nitrogen and oxygen atoms in total. The molecule has 158 valence electrons. The molecule has 0 aromatic heterocycles. The highest BCUT2D eigenvalue weighted by Crippen LogP contribution is 2.44. The molecule has 3 N–H and O–H groups in total. The first-order valence-corrected chi connectivity index (χ1v) is 8.67. The number of aliphatic hydroxyl groups is 1. The van der Waals surface area contributed by atoms with Crippen LogP contribution in [0.2, 0.25) is 0 Å². The molecule has 2 aliphatic rings. The zero-order valence-electron chi connectivity index (χ0n) is 15.0. The number of ether oxygens (including phenoxy) is 2. The largest absolute Gasteiger partial charge is 0.454 e. The number of amides is 2. The minimum atomic E-state index is -5.32. The Hall–Kier alpha value is -3.34. The SMILES string of the molecule is O=C1NC(c2ccc3c(c2)OCO3)C(C(=O)C(F)(F)F)C(O)(c2ccc(F)cc2)N1. The molecule has 0 radical (unpaired) electrons. The van der Waals surface area contributed by atoms with Crippen molar-refractivity contribution in [1.82, 2.24) is 10.6 Å². The summed E-state index contributed by atoms with van der Waals surface area (Å²) in [6.07, 6.45) is -5.32. The summed E-state index contributed by atoms with van der Waals surface area (Å²) in [6, 6.07) is 5.28. The van der Waals surface area contributed by atoms with Gasteiger partial charge in [-0.15, -0.1) is 0 Å². The van der Waals surface area contributed by atoms with E-state index < -0.39 is 41.5 Å². The Bertz CT molecular complexity index is 1010. The van der Waals surface area contributed by atoms with Crippen molar-refractivity contribution in [3.63, 3.8) is 0 Å². The van der Waals surface area contributed by atoms with Gasteiger partial charge in [-0.1, -0.05) is 18.2 Å². The van der Waals surface area contributed by atoms with Crippen LogP contribution in [0.3, 0.4) is 0 Å². The fraction of sp³-hybridized carbons (Fsp3) is 0.263. The summed E-state index contributed by atoms with van der Waals surface area (Å²) >= 11 is 0. The second-order valence-corrected chi connectivity index (χ2v) is 6.80. The number of carbonyl (C=O) groups excluding carboxylic acids is 2. The molecule has 3 atom stereocenters. The lowest BCUT2D eigenvalue weighted by atomic mass is 9.76. The van der Waals surface area contributed by atoms with Crippen molar-refractivity contribution in [2.45, 2.75) is 17.9 Å². The number of ketones is 1. The van der Waals surface area contributed by atoms with E-state index in [0.29, 0.717) is 5.75 Å². The van der Waals surface area contributed by atoms with Gasteiger partial charge in [0.2, 0.25) is 12.6 Å². The Morgan fingerprint density at radius 3 is 2.43 bits per heavy atom. The first-order valence-electron chi connectivity index (χ1n) is 8.67. The predicted octanol–water partition coefficient (Wildman–Crippen LogP) is 2.50. The third-order valence-electron chi connectivity index (χ3n) is 4.98. The molecular weight excluding hydrogens is 412 g/mol. The summed E-state index contributed by atoms with van der Waals surface area (Å²) in [5.41, 5.74) is -2.96. The van der Waals surface area contributed by atoms with Crippen LogP contribution >= 0.6 is 0 Å². The normalized spacial score (nSPS) is 25.4. The van der Waals surface area contributed by atoms with Crippen molar-refractivity contribution in [2.24, 2.45) is 5.92 Å². The van der Waals surface area contributed by atoms with Crippen LogP contribution in [0.5, 0.6) is 11.5 Å². The smallest absolute Gasteiger partial charge is 0.450 e.